The van der Waals surface area contributed by atoms with Crippen molar-refractivity contribution in [1.29, 1.82) is 0 Å². The number of amides is 1. The van der Waals surface area contributed by atoms with Crippen LogP contribution in [-0.2, 0) is 11.2 Å². The highest BCUT2D eigenvalue weighted by molar-refractivity contribution is 5.79. The van der Waals surface area contributed by atoms with Gasteiger partial charge >= 0.3 is 0 Å². The third-order valence-corrected chi connectivity index (χ3v) is 3.26. The van der Waals surface area contributed by atoms with Gasteiger partial charge in [-0.15, -0.1) is 0 Å². The molecule has 0 radical (unpaired) electrons. The summed E-state index contributed by atoms with van der Waals surface area (Å²) in [6.45, 7) is 3.94. The summed E-state index contributed by atoms with van der Waals surface area (Å²) in [5.74, 6) is -0.520. The Labute approximate surface area is 118 Å². The Morgan fingerprint density at radius 1 is 1.15 bits per heavy atom. The molecule has 1 atom stereocenters. The molecule has 0 aliphatic rings. The second-order valence-corrected chi connectivity index (χ2v) is 4.97. The van der Waals surface area contributed by atoms with Gasteiger partial charge in [-0.1, -0.05) is 48.0 Å². The van der Waals surface area contributed by atoms with Crippen molar-refractivity contribution in [3.05, 3.63) is 71.0 Å². The zero-order valence-electron chi connectivity index (χ0n) is 11.7. The van der Waals surface area contributed by atoms with Gasteiger partial charge in [0.25, 0.3) is 0 Å². The van der Waals surface area contributed by atoms with Gasteiger partial charge in [0.2, 0.25) is 5.91 Å². The van der Waals surface area contributed by atoms with Crippen LogP contribution in [0.1, 0.15) is 29.7 Å². The van der Waals surface area contributed by atoms with E-state index in [9.17, 15) is 9.18 Å². The van der Waals surface area contributed by atoms with E-state index in [1.807, 2.05) is 38.1 Å². The van der Waals surface area contributed by atoms with Crippen LogP contribution in [0.2, 0.25) is 0 Å². The average Bonchev–Trinajstić information content (AvgIpc) is 2.42. The molecular formula is C17H18FNO. The first-order chi connectivity index (χ1) is 9.56. The molecule has 0 saturated heterocycles. The maximum Gasteiger partial charge on any atom is 0.225 e. The molecule has 2 nitrogen and oxygen atoms in total. The molecule has 2 aromatic carbocycles. The Kier molecular flexibility index (Phi) is 4.51. The number of carbonyl (C=O) groups is 1. The molecule has 2 rings (SSSR count). The number of rotatable bonds is 4. The highest BCUT2D eigenvalue weighted by atomic mass is 19.1. The van der Waals surface area contributed by atoms with Crippen LogP contribution in [0.5, 0.6) is 0 Å². The minimum atomic E-state index is -0.342. The number of hydrogen-bond donors (Lipinski definition) is 1. The first-order valence-corrected chi connectivity index (χ1v) is 6.65. The lowest BCUT2D eigenvalue weighted by atomic mass is 10.1. The minimum Gasteiger partial charge on any atom is -0.349 e. The summed E-state index contributed by atoms with van der Waals surface area (Å²) in [5, 5.41) is 2.89. The Morgan fingerprint density at radius 3 is 2.45 bits per heavy atom. The standard InChI is InChI=1S/C17H18FNO/c1-12-7-9-14(10-8-12)13(2)19-17(20)11-15-5-3-4-6-16(15)18/h3-10,13H,11H2,1-2H3,(H,19,20)/t13-/m0/s1. The lowest BCUT2D eigenvalue weighted by molar-refractivity contribution is -0.121. The van der Waals surface area contributed by atoms with E-state index in [1.54, 1.807) is 18.2 Å². The number of carbonyl (C=O) groups excluding carboxylic acids is 1. The molecule has 0 heterocycles. The maximum absolute atomic E-state index is 13.5. The summed E-state index contributed by atoms with van der Waals surface area (Å²) in [6, 6.07) is 14.3. The van der Waals surface area contributed by atoms with Gasteiger partial charge in [0.15, 0.2) is 0 Å². The molecule has 0 spiro atoms. The van der Waals surface area contributed by atoms with Crippen molar-refractivity contribution in [3.8, 4) is 0 Å². The lowest BCUT2D eigenvalue weighted by Crippen LogP contribution is -2.28. The van der Waals surface area contributed by atoms with Crippen LogP contribution in [0.4, 0.5) is 4.39 Å². The van der Waals surface area contributed by atoms with Gasteiger partial charge < -0.3 is 5.32 Å². The zero-order chi connectivity index (χ0) is 14.5. The van der Waals surface area contributed by atoms with E-state index in [4.69, 9.17) is 0 Å². The molecule has 104 valence electrons. The summed E-state index contributed by atoms with van der Waals surface area (Å²) >= 11 is 0. The van der Waals surface area contributed by atoms with Crippen LogP contribution in [-0.4, -0.2) is 5.91 Å². The van der Waals surface area contributed by atoms with Crippen LogP contribution in [0.3, 0.4) is 0 Å². The topological polar surface area (TPSA) is 29.1 Å². The SMILES string of the molecule is Cc1ccc([C@H](C)NC(=O)Cc2ccccc2F)cc1. The van der Waals surface area contributed by atoms with Crippen molar-refractivity contribution in [2.24, 2.45) is 0 Å². The van der Waals surface area contributed by atoms with Crippen molar-refractivity contribution in [1.82, 2.24) is 5.32 Å². The summed E-state index contributed by atoms with van der Waals surface area (Å²) in [4.78, 5) is 11.9. The predicted molar refractivity (Wildman–Crippen MR) is 77.8 cm³/mol. The fourth-order valence-electron chi connectivity index (χ4n) is 2.05. The summed E-state index contributed by atoms with van der Waals surface area (Å²) in [5.41, 5.74) is 2.64. The Balaban J connectivity index is 1.98. The molecule has 0 aliphatic heterocycles. The predicted octanol–water partition coefficient (Wildman–Crippen LogP) is 3.55. The third-order valence-electron chi connectivity index (χ3n) is 3.26. The fourth-order valence-corrected chi connectivity index (χ4v) is 2.05. The molecule has 0 aliphatic carbocycles. The average molecular weight is 271 g/mol. The molecule has 0 unspecified atom stereocenters. The fraction of sp³-hybridized carbons (Fsp3) is 0.235. The number of benzene rings is 2. The lowest BCUT2D eigenvalue weighted by Gasteiger charge is -2.14. The summed E-state index contributed by atoms with van der Waals surface area (Å²) < 4.78 is 13.5. The van der Waals surface area contributed by atoms with Gasteiger partial charge in [-0.3, -0.25) is 4.79 Å². The van der Waals surface area contributed by atoms with Crippen molar-refractivity contribution in [2.45, 2.75) is 26.3 Å². The van der Waals surface area contributed by atoms with Crippen molar-refractivity contribution in [2.75, 3.05) is 0 Å². The Hall–Kier alpha value is -2.16. The van der Waals surface area contributed by atoms with Gasteiger partial charge in [-0.05, 0) is 31.0 Å². The van der Waals surface area contributed by atoms with Crippen LogP contribution in [0.25, 0.3) is 0 Å². The van der Waals surface area contributed by atoms with Gasteiger partial charge in [0, 0.05) is 0 Å². The van der Waals surface area contributed by atoms with E-state index >= 15 is 0 Å². The quantitative estimate of drug-likeness (QED) is 0.905. The third kappa shape index (κ3) is 3.67. The number of halogens is 1. The first-order valence-electron chi connectivity index (χ1n) is 6.65. The van der Waals surface area contributed by atoms with Gasteiger partial charge in [-0.25, -0.2) is 4.39 Å². The van der Waals surface area contributed by atoms with E-state index in [0.29, 0.717) is 5.56 Å². The molecule has 0 saturated carbocycles. The molecule has 0 aromatic heterocycles. The largest absolute Gasteiger partial charge is 0.349 e. The highest BCUT2D eigenvalue weighted by Crippen LogP contribution is 2.14. The summed E-state index contributed by atoms with van der Waals surface area (Å²) in [6.07, 6.45) is 0.0584. The Bertz CT molecular complexity index is 592. The molecule has 0 fully saturated rings. The molecule has 1 N–H and O–H groups in total. The van der Waals surface area contributed by atoms with E-state index in [2.05, 4.69) is 5.32 Å². The van der Waals surface area contributed by atoms with Crippen LogP contribution < -0.4 is 5.32 Å². The van der Waals surface area contributed by atoms with Crippen molar-refractivity contribution >= 4 is 5.91 Å². The number of nitrogens with one attached hydrogen (secondary N) is 1. The monoisotopic (exact) mass is 271 g/mol. The smallest absolute Gasteiger partial charge is 0.225 e. The maximum atomic E-state index is 13.5. The van der Waals surface area contributed by atoms with E-state index < -0.39 is 0 Å². The Morgan fingerprint density at radius 2 is 1.80 bits per heavy atom. The van der Waals surface area contributed by atoms with Crippen LogP contribution in [0, 0.1) is 12.7 Å². The van der Waals surface area contributed by atoms with Crippen molar-refractivity contribution in [3.63, 3.8) is 0 Å². The number of aryl methyl sites for hydroxylation is 1. The first kappa shape index (κ1) is 14.3. The van der Waals surface area contributed by atoms with Crippen molar-refractivity contribution < 1.29 is 9.18 Å². The van der Waals surface area contributed by atoms with E-state index in [-0.39, 0.29) is 24.2 Å². The van der Waals surface area contributed by atoms with Crippen LogP contribution in [0.15, 0.2) is 48.5 Å². The van der Waals surface area contributed by atoms with Gasteiger partial charge in [0.05, 0.1) is 12.5 Å². The second-order valence-electron chi connectivity index (χ2n) is 4.97. The van der Waals surface area contributed by atoms with E-state index in [0.717, 1.165) is 5.56 Å². The van der Waals surface area contributed by atoms with Crippen LogP contribution >= 0.6 is 0 Å². The minimum absolute atomic E-state index is 0.0584. The van der Waals surface area contributed by atoms with E-state index in [1.165, 1.54) is 11.6 Å². The highest BCUT2D eigenvalue weighted by Gasteiger charge is 2.11. The van der Waals surface area contributed by atoms with Gasteiger partial charge in [-0.2, -0.15) is 0 Å². The normalized spacial score (nSPS) is 11.9. The molecule has 1 amide bonds. The zero-order valence-corrected chi connectivity index (χ0v) is 11.7. The molecule has 2 aromatic rings. The molecule has 3 heteroatoms. The second kappa shape index (κ2) is 6.33. The molecule has 0 bridgehead atoms. The summed E-state index contributed by atoms with van der Waals surface area (Å²) in [7, 11) is 0. The molecule has 20 heavy (non-hydrogen) atoms. The molecular weight excluding hydrogens is 253 g/mol. The number of hydrogen-bond acceptors (Lipinski definition) is 1. The van der Waals surface area contributed by atoms with Gasteiger partial charge in [0.1, 0.15) is 5.82 Å².